The van der Waals surface area contributed by atoms with Gasteiger partial charge in [0, 0.05) is 41.1 Å². The zero-order chi connectivity index (χ0) is 11.8. The van der Waals surface area contributed by atoms with Crippen molar-refractivity contribution in [3.63, 3.8) is 0 Å². The van der Waals surface area contributed by atoms with Crippen molar-refractivity contribution >= 4 is 43.2 Å². The predicted molar refractivity (Wildman–Crippen MR) is 79.6 cm³/mol. The average molecular weight is 380 g/mol. The molecule has 2 nitrogen and oxygen atoms in total. The molecule has 0 radical (unpaired) electrons. The van der Waals surface area contributed by atoms with Crippen LogP contribution >= 0.6 is 43.2 Å². The van der Waals surface area contributed by atoms with Gasteiger partial charge in [0.05, 0.1) is 3.79 Å². The lowest BCUT2D eigenvalue weighted by molar-refractivity contribution is 0.253. The van der Waals surface area contributed by atoms with E-state index in [1.54, 1.807) is 0 Å². The molecular formula is C12H16Br2N2S. The van der Waals surface area contributed by atoms with Crippen LogP contribution in [0.5, 0.6) is 0 Å². The van der Waals surface area contributed by atoms with Crippen LogP contribution in [0, 0.1) is 0 Å². The number of halogens is 2. The van der Waals surface area contributed by atoms with Crippen LogP contribution in [0.3, 0.4) is 0 Å². The Morgan fingerprint density at radius 3 is 2.88 bits per heavy atom. The van der Waals surface area contributed by atoms with Gasteiger partial charge in [-0.2, -0.15) is 0 Å². The van der Waals surface area contributed by atoms with E-state index in [1.165, 1.54) is 45.5 Å². The van der Waals surface area contributed by atoms with Gasteiger partial charge in [0.15, 0.2) is 0 Å². The molecule has 94 valence electrons. The second-order valence-electron chi connectivity index (χ2n) is 5.00. The van der Waals surface area contributed by atoms with Gasteiger partial charge < -0.3 is 5.32 Å². The van der Waals surface area contributed by atoms with E-state index in [0.29, 0.717) is 0 Å². The van der Waals surface area contributed by atoms with Crippen LogP contribution in [-0.4, -0.2) is 30.1 Å². The molecule has 2 unspecified atom stereocenters. The second kappa shape index (κ2) is 5.29. The Hall–Kier alpha value is 0.580. The second-order valence-corrected chi connectivity index (χ2v) is 8.30. The van der Waals surface area contributed by atoms with Crippen molar-refractivity contribution in [2.24, 2.45) is 0 Å². The van der Waals surface area contributed by atoms with Gasteiger partial charge in [-0.15, -0.1) is 11.3 Å². The normalized spacial score (nSPS) is 29.5. The molecule has 2 aliphatic heterocycles. The fourth-order valence-electron chi connectivity index (χ4n) is 2.85. The Labute approximate surface area is 123 Å². The lowest BCUT2D eigenvalue weighted by Gasteiger charge is -2.23. The highest BCUT2D eigenvalue weighted by atomic mass is 79.9. The van der Waals surface area contributed by atoms with Gasteiger partial charge in [-0.3, -0.25) is 4.90 Å². The first-order chi connectivity index (χ1) is 8.20. The molecule has 5 heteroatoms. The van der Waals surface area contributed by atoms with Crippen molar-refractivity contribution in [3.8, 4) is 0 Å². The van der Waals surface area contributed by atoms with Gasteiger partial charge in [0.1, 0.15) is 0 Å². The first-order valence-corrected chi connectivity index (χ1v) is 8.53. The molecule has 0 aliphatic carbocycles. The summed E-state index contributed by atoms with van der Waals surface area (Å²) in [7, 11) is 0. The zero-order valence-electron chi connectivity index (χ0n) is 9.59. The molecule has 3 heterocycles. The summed E-state index contributed by atoms with van der Waals surface area (Å²) in [6.07, 6.45) is 4.05. The summed E-state index contributed by atoms with van der Waals surface area (Å²) in [6, 6.07) is 3.76. The average Bonchev–Trinajstić information content (AvgIpc) is 2.76. The topological polar surface area (TPSA) is 15.3 Å². The van der Waals surface area contributed by atoms with Crippen molar-refractivity contribution in [3.05, 3.63) is 19.2 Å². The number of hydrogen-bond donors (Lipinski definition) is 1. The number of rotatable bonds is 2. The van der Waals surface area contributed by atoms with Crippen LogP contribution in [0.2, 0.25) is 0 Å². The van der Waals surface area contributed by atoms with Gasteiger partial charge in [-0.1, -0.05) is 0 Å². The maximum Gasteiger partial charge on any atom is 0.0843 e. The third-order valence-electron chi connectivity index (χ3n) is 3.68. The number of thiophene rings is 1. The van der Waals surface area contributed by atoms with Crippen LogP contribution in [-0.2, 0) is 6.54 Å². The van der Waals surface area contributed by atoms with Crippen LogP contribution in [0.15, 0.2) is 14.3 Å². The highest BCUT2D eigenvalue weighted by molar-refractivity contribution is 9.13. The van der Waals surface area contributed by atoms with Crippen LogP contribution < -0.4 is 5.32 Å². The molecule has 0 amide bonds. The largest absolute Gasteiger partial charge is 0.310 e. The maximum atomic E-state index is 3.73. The molecule has 0 spiro atoms. The summed E-state index contributed by atoms with van der Waals surface area (Å²) >= 11 is 8.97. The van der Waals surface area contributed by atoms with Gasteiger partial charge >= 0.3 is 0 Å². The number of nitrogens with zero attached hydrogens (tertiary/aromatic N) is 1. The minimum atomic E-state index is 0.731. The van der Waals surface area contributed by atoms with Crippen molar-refractivity contribution in [2.75, 3.05) is 13.1 Å². The molecule has 2 bridgehead atoms. The Kier molecular flexibility index (Phi) is 3.92. The highest BCUT2D eigenvalue weighted by Gasteiger charge is 2.29. The summed E-state index contributed by atoms with van der Waals surface area (Å²) in [6.45, 7) is 3.55. The lowest BCUT2D eigenvalue weighted by atomic mass is 10.1. The molecule has 17 heavy (non-hydrogen) atoms. The maximum absolute atomic E-state index is 3.73. The van der Waals surface area contributed by atoms with Crippen molar-refractivity contribution < 1.29 is 0 Å². The quantitative estimate of drug-likeness (QED) is 0.844. The zero-order valence-corrected chi connectivity index (χ0v) is 13.6. The Morgan fingerprint density at radius 2 is 2.12 bits per heavy atom. The van der Waals surface area contributed by atoms with E-state index in [1.807, 2.05) is 11.3 Å². The first kappa shape index (κ1) is 12.6. The van der Waals surface area contributed by atoms with E-state index >= 15 is 0 Å². The van der Waals surface area contributed by atoms with Gasteiger partial charge in [0.25, 0.3) is 0 Å². The Balaban J connectivity index is 1.65. The third-order valence-corrected chi connectivity index (χ3v) is 6.92. The molecule has 1 aromatic rings. The summed E-state index contributed by atoms with van der Waals surface area (Å²) in [5.41, 5.74) is 0. The number of likely N-dealkylation sites (tertiary alicyclic amines) is 1. The number of fused-ring (bicyclic) bond motifs is 2. The van der Waals surface area contributed by atoms with Crippen molar-refractivity contribution in [2.45, 2.75) is 37.9 Å². The monoisotopic (exact) mass is 378 g/mol. The van der Waals surface area contributed by atoms with Gasteiger partial charge in [-0.25, -0.2) is 0 Å². The third kappa shape index (κ3) is 2.95. The van der Waals surface area contributed by atoms with E-state index in [9.17, 15) is 0 Å². The molecule has 2 fully saturated rings. The molecule has 0 aromatic carbocycles. The molecule has 3 rings (SSSR count). The lowest BCUT2D eigenvalue weighted by Crippen LogP contribution is -2.34. The summed E-state index contributed by atoms with van der Waals surface area (Å²) in [5, 5.41) is 3.73. The van der Waals surface area contributed by atoms with E-state index in [2.05, 4.69) is 48.1 Å². The smallest absolute Gasteiger partial charge is 0.0843 e. The standard InChI is InChI=1S/C12H16Br2N2S/c13-11-5-10(17-12(11)14)7-16-4-3-8-1-2-9(6-16)15-8/h5,8-9,15H,1-4,6-7H2. The first-order valence-electron chi connectivity index (χ1n) is 6.13. The molecule has 1 aromatic heterocycles. The van der Waals surface area contributed by atoms with E-state index in [0.717, 1.165) is 18.6 Å². The van der Waals surface area contributed by atoms with Crippen molar-refractivity contribution in [1.82, 2.24) is 10.2 Å². The summed E-state index contributed by atoms with van der Waals surface area (Å²) < 4.78 is 2.40. The molecule has 2 aliphatic rings. The van der Waals surface area contributed by atoms with E-state index in [-0.39, 0.29) is 0 Å². The van der Waals surface area contributed by atoms with Gasteiger partial charge in [-0.05, 0) is 57.2 Å². The number of hydrogen-bond acceptors (Lipinski definition) is 3. The van der Waals surface area contributed by atoms with Crippen LogP contribution in [0.4, 0.5) is 0 Å². The SMILES string of the molecule is Brc1cc(CN2CCC3CCC(C2)N3)sc1Br. The highest BCUT2D eigenvalue weighted by Crippen LogP contribution is 2.33. The summed E-state index contributed by atoms with van der Waals surface area (Å²) in [4.78, 5) is 4.04. The van der Waals surface area contributed by atoms with Crippen LogP contribution in [0.25, 0.3) is 0 Å². The number of nitrogens with one attached hydrogen (secondary N) is 1. The predicted octanol–water partition coefficient (Wildman–Crippen LogP) is 3.60. The van der Waals surface area contributed by atoms with Gasteiger partial charge in [0.2, 0.25) is 0 Å². The minimum Gasteiger partial charge on any atom is -0.310 e. The van der Waals surface area contributed by atoms with E-state index < -0.39 is 0 Å². The fraction of sp³-hybridized carbons (Fsp3) is 0.667. The molecule has 2 atom stereocenters. The molecule has 1 N–H and O–H groups in total. The Bertz CT molecular complexity index is 388. The molecule has 0 saturated carbocycles. The van der Waals surface area contributed by atoms with Crippen molar-refractivity contribution in [1.29, 1.82) is 0 Å². The Morgan fingerprint density at radius 1 is 1.29 bits per heavy atom. The minimum absolute atomic E-state index is 0.731. The molecule has 2 saturated heterocycles. The summed E-state index contributed by atoms with van der Waals surface area (Å²) in [5.74, 6) is 0. The molecular weight excluding hydrogens is 364 g/mol. The van der Waals surface area contributed by atoms with E-state index in [4.69, 9.17) is 0 Å². The fourth-order valence-corrected chi connectivity index (χ4v) is 5.07. The van der Waals surface area contributed by atoms with Crippen LogP contribution in [0.1, 0.15) is 24.1 Å².